The Morgan fingerprint density at radius 2 is 1.71 bits per heavy atom. The van der Waals surface area contributed by atoms with Gasteiger partial charge in [-0.3, -0.25) is 14.9 Å². The van der Waals surface area contributed by atoms with Crippen molar-refractivity contribution in [2.24, 2.45) is 0 Å². The monoisotopic (exact) mass is 415 g/mol. The second kappa shape index (κ2) is 9.43. The van der Waals surface area contributed by atoms with Gasteiger partial charge in [-0.25, -0.2) is 0 Å². The summed E-state index contributed by atoms with van der Waals surface area (Å²) in [6, 6.07) is 24.1. The molecule has 31 heavy (non-hydrogen) atoms. The minimum Gasteiger partial charge on any atom is -0.375 e. The van der Waals surface area contributed by atoms with Crippen LogP contribution in [0.5, 0.6) is 0 Å². The van der Waals surface area contributed by atoms with E-state index in [-0.39, 0.29) is 22.6 Å². The Kier molecular flexibility index (Phi) is 6.26. The molecule has 0 radical (unpaired) electrons. The highest BCUT2D eigenvalue weighted by Gasteiger charge is 2.29. The highest BCUT2D eigenvalue weighted by molar-refractivity contribution is 5.94. The zero-order valence-corrected chi connectivity index (χ0v) is 17.2. The molecular weight excluding hydrogens is 390 g/mol. The highest BCUT2D eigenvalue weighted by atomic mass is 16.6. The number of hydrogen-bond donors (Lipinski definition) is 1. The molecule has 6 nitrogen and oxygen atoms in total. The first-order valence-corrected chi connectivity index (χ1v) is 10.6. The largest absolute Gasteiger partial charge is 0.375 e. The molecule has 1 fully saturated rings. The van der Waals surface area contributed by atoms with Gasteiger partial charge >= 0.3 is 0 Å². The maximum atomic E-state index is 13.2. The predicted octanol–water partition coefficient (Wildman–Crippen LogP) is 5.57. The fraction of sp³-hybridized carbons (Fsp3) is 0.240. The van der Waals surface area contributed by atoms with E-state index in [4.69, 9.17) is 0 Å². The molecule has 1 aliphatic rings. The van der Waals surface area contributed by atoms with E-state index in [9.17, 15) is 14.9 Å². The van der Waals surface area contributed by atoms with Crippen LogP contribution in [0.4, 0.5) is 11.4 Å². The lowest BCUT2D eigenvalue weighted by molar-refractivity contribution is -0.384. The van der Waals surface area contributed by atoms with Gasteiger partial charge in [0.2, 0.25) is 0 Å². The number of likely N-dealkylation sites (tertiary alicyclic amines) is 1. The number of nitrogens with zero attached hydrogens (tertiary/aromatic N) is 2. The smallest absolute Gasteiger partial charge is 0.292 e. The van der Waals surface area contributed by atoms with Crippen molar-refractivity contribution in [3.8, 4) is 0 Å². The maximum Gasteiger partial charge on any atom is 0.292 e. The summed E-state index contributed by atoms with van der Waals surface area (Å²) in [6.45, 7) is 1.17. The number of hydrogen-bond acceptors (Lipinski definition) is 4. The average Bonchev–Trinajstić information content (AvgIpc) is 2.83. The molecule has 3 aromatic rings. The van der Waals surface area contributed by atoms with Crippen LogP contribution in [0, 0.1) is 10.1 Å². The Bertz CT molecular complexity index is 1050. The van der Waals surface area contributed by atoms with E-state index in [0.717, 1.165) is 30.4 Å². The van der Waals surface area contributed by atoms with E-state index in [0.29, 0.717) is 24.3 Å². The maximum absolute atomic E-state index is 13.2. The zero-order valence-electron chi connectivity index (χ0n) is 17.2. The first-order valence-electron chi connectivity index (χ1n) is 10.6. The van der Waals surface area contributed by atoms with Gasteiger partial charge in [0, 0.05) is 24.7 Å². The minimum absolute atomic E-state index is 0.00227. The third kappa shape index (κ3) is 4.74. The first-order chi connectivity index (χ1) is 15.1. The Morgan fingerprint density at radius 1 is 1.00 bits per heavy atom. The van der Waals surface area contributed by atoms with Gasteiger partial charge in [0.25, 0.3) is 11.6 Å². The lowest BCUT2D eigenvalue weighted by atomic mass is 9.93. The molecule has 4 rings (SSSR count). The fourth-order valence-corrected chi connectivity index (χ4v) is 4.12. The predicted molar refractivity (Wildman–Crippen MR) is 121 cm³/mol. The number of anilines is 1. The molecule has 1 heterocycles. The van der Waals surface area contributed by atoms with Gasteiger partial charge in [-0.2, -0.15) is 0 Å². The Morgan fingerprint density at radius 3 is 2.42 bits per heavy atom. The number of rotatable bonds is 6. The highest BCUT2D eigenvalue weighted by Crippen LogP contribution is 2.36. The van der Waals surface area contributed by atoms with Crippen molar-refractivity contribution in [1.29, 1.82) is 0 Å². The van der Waals surface area contributed by atoms with Crippen molar-refractivity contribution in [3.05, 3.63) is 106 Å². The van der Waals surface area contributed by atoms with Crippen LogP contribution in [-0.4, -0.2) is 22.3 Å². The van der Waals surface area contributed by atoms with Crippen molar-refractivity contribution < 1.29 is 9.72 Å². The molecule has 1 unspecified atom stereocenters. The number of nitro groups is 1. The fourth-order valence-electron chi connectivity index (χ4n) is 4.12. The quantitative estimate of drug-likeness (QED) is 0.422. The summed E-state index contributed by atoms with van der Waals surface area (Å²) in [5.41, 5.74) is 3.14. The molecule has 0 aromatic heterocycles. The van der Waals surface area contributed by atoms with Gasteiger partial charge in [-0.05, 0) is 54.7 Å². The molecule has 158 valence electrons. The molecule has 0 saturated carbocycles. The van der Waals surface area contributed by atoms with Crippen molar-refractivity contribution in [2.45, 2.75) is 31.8 Å². The third-order valence-electron chi connectivity index (χ3n) is 5.71. The summed E-state index contributed by atoms with van der Waals surface area (Å²) in [6.07, 6.45) is 2.82. The van der Waals surface area contributed by atoms with Crippen molar-refractivity contribution in [3.63, 3.8) is 0 Å². The summed E-state index contributed by atoms with van der Waals surface area (Å²) >= 11 is 0. The number of benzene rings is 3. The second-order valence-corrected chi connectivity index (χ2v) is 7.75. The van der Waals surface area contributed by atoms with Gasteiger partial charge in [-0.1, -0.05) is 48.5 Å². The molecule has 0 bridgehead atoms. The molecule has 1 N–H and O–H groups in total. The lowest BCUT2D eigenvalue weighted by Crippen LogP contribution is -2.38. The Hall–Kier alpha value is -3.67. The van der Waals surface area contributed by atoms with Crippen LogP contribution >= 0.6 is 0 Å². The summed E-state index contributed by atoms with van der Waals surface area (Å²) in [5.74, 6) is 0.00227. The van der Waals surface area contributed by atoms with Gasteiger partial charge in [0.1, 0.15) is 5.69 Å². The third-order valence-corrected chi connectivity index (χ3v) is 5.71. The molecule has 1 aliphatic heterocycles. The van der Waals surface area contributed by atoms with Crippen molar-refractivity contribution >= 4 is 17.3 Å². The second-order valence-electron chi connectivity index (χ2n) is 7.75. The van der Waals surface area contributed by atoms with Gasteiger partial charge in [0.15, 0.2) is 0 Å². The number of nitrogens with one attached hydrogen (secondary N) is 1. The number of piperidine rings is 1. The van der Waals surface area contributed by atoms with Gasteiger partial charge < -0.3 is 10.2 Å². The van der Waals surface area contributed by atoms with Crippen molar-refractivity contribution in [1.82, 2.24) is 4.90 Å². The van der Waals surface area contributed by atoms with Crippen LogP contribution in [0.25, 0.3) is 0 Å². The molecule has 0 spiro atoms. The normalized spacial score (nSPS) is 16.0. The van der Waals surface area contributed by atoms with Crippen LogP contribution in [0.3, 0.4) is 0 Å². The van der Waals surface area contributed by atoms with E-state index in [2.05, 4.69) is 5.32 Å². The summed E-state index contributed by atoms with van der Waals surface area (Å²) in [5, 5.41) is 14.8. The van der Waals surface area contributed by atoms with E-state index in [1.807, 2.05) is 71.6 Å². The lowest BCUT2D eigenvalue weighted by Gasteiger charge is -2.36. The standard InChI is InChI=1S/C25H25N3O3/c29-25(20-11-5-2-6-12-20)27-16-8-7-13-23(27)21-14-15-24(28(30)31)22(17-21)26-18-19-9-3-1-4-10-19/h1-6,9-12,14-15,17,23,26H,7-8,13,16,18H2. The number of carbonyl (C=O) groups is 1. The summed E-state index contributed by atoms with van der Waals surface area (Å²) < 4.78 is 0. The van der Waals surface area contributed by atoms with Crippen LogP contribution in [0.15, 0.2) is 78.9 Å². The summed E-state index contributed by atoms with van der Waals surface area (Å²) in [7, 11) is 0. The zero-order chi connectivity index (χ0) is 21.6. The van der Waals surface area contributed by atoms with Crippen LogP contribution in [0.1, 0.15) is 46.8 Å². The molecule has 1 amide bonds. The Balaban J connectivity index is 1.62. The molecule has 3 aromatic carbocycles. The minimum atomic E-state index is -0.370. The van der Waals surface area contributed by atoms with E-state index in [1.54, 1.807) is 12.1 Å². The van der Waals surface area contributed by atoms with E-state index in [1.165, 1.54) is 0 Å². The number of nitro benzene ring substituents is 1. The first kappa shape index (κ1) is 20.6. The average molecular weight is 415 g/mol. The van der Waals surface area contributed by atoms with E-state index >= 15 is 0 Å². The number of carbonyl (C=O) groups excluding carboxylic acids is 1. The SMILES string of the molecule is O=C(c1ccccc1)N1CCCCC1c1ccc([N+](=O)[O-])c(NCc2ccccc2)c1. The number of amides is 1. The van der Waals surface area contributed by atoms with Crippen LogP contribution in [-0.2, 0) is 6.54 Å². The molecule has 1 atom stereocenters. The van der Waals surface area contributed by atoms with Gasteiger partial charge in [-0.15, -0.1) is 0 Å². The van der Waals surface area contributed by atoms with Gasteiger partial charge in [0.05, 0.1) is 11.0 Å². The van der Waals surface area contributed by atoms with E-state index < -0.39 is 0 Å². The molecular formula is C25H25N3O3. The summed E-state index contributed by atoms with van der Waals surface area (Å²) in [4.78, 5) is 26.3. The molecule has 6 heteroatoms. The topological polar surface area (TPSA) is 75.5 Å². The Labute approximate surface area is 181 Å². The molecule has 1 saturated heterocycles. The van der Waals surface area contributed by atoms with Crippen LogP contribution in [0.2, 0.25) is 0 Å². The van der Waals surface area contributed by atoms with Crippen LogP contribution < -0.4 is 5.32 Å². The van der Waals surface area contributed by atoms with Crippen molar-refractivity contribution in [2.75, 3.05) is 11.9 Å². The molecule has 0 aliphatic carbocycles.